The molecule has 4 rings (SSSR count). The molecule has 4 aromatic rings. The van der Waals surface area contributed by atoms with E-state index in [-0.39, 0.29) is 6.61 Å². The van der Waals surface area contributed by atoms with Gasteiger partial charge in [0.1, 0.15) is 16.7 Å². The zero-order valence-corrected chi connectivity index (χ0v) is 23.5. The number of hydrogen-bond donors (Lipinski definition) is 0. The maximum Gasteiger partial charge on any atom is 0.343 e. The average molecular weight is 561 g/mol. The lowest BCUT2D eigenvalue weighted by Gasteiger charge is -2.19. The first-order valence-electron chi connectivity index (χ1n) is 11.7. The Morgan fingerprint density at radius 3 is 2.55 bits per heavy atom. The first kappa shape index (κ1) is 27.3. The third kappa shape index (κ3) is 6.40. The predicted molar refractivity (Wildman–Crippen MR) is 155 cm³/mol. The molecule has 0 saturated heterocycles. The number of halogens is 1. The molecule has 0 spiro atoms. The lowest BCUT2D eigenvalue weighted by Crippen LogP contribution is -2.12. The second kappa shape index (κ2) is 12.7. The Morgan fingerprint density at radius 1 is 1.05 bits per heavy atom. The number of esters is 1. The summed E-state index contributed by atoms with van der Waals surface area (Å²) in [4.78, 5) is 13.3. The van der Waals surface area contributed by atoms with Gasteiger partial charge in [-0.05, 0) is 85.3 Å². The van der Waals surface area contributed by atoms with Crippen molar-refractivity contribution in [3.8, 4) is 34.2 Å². The van der Waals surface area contributed by atoms with E-state index in [0.29, 0.717) is 15.6 Å². The molecule has 5 nitrogen and oxygen atoms in total. The number of rotatable bonds is 7. The van der Waals surface area contributed by atoms with Gasteiger partial charge in [-0.15, -0.1) is 11.3 Å². The van der Waals surface area contributed by atoms with Gasteiger partial charge in [0.05, 0.1) is 12.8 Å². The van der Waals surface area contributed by atoms with Gasteiger partial charge in [0, 0.05) is 32.3 Å². The van der Waals surface area contributed by atoms with Crippen LogP contribution in [0.2, 0.25) is 5.02 Å². The van der Waals surface area contributed by atoms with E-state index in [1.54, 1.807) is 18.0 Å². The number of carbonyl (C=O) groups excluding carboxylic acids is 1. The highest BCUT2D eigenvalue weighted by Gasteiger charge is 2.19. The van der Waals surface area contributed by atoms with E-state index in [0.717, 1.165) is 38.5 Å². The van der Waals surface area contributed by atoms with Crippen LogP contribution in [0.1, 0.15) is 16.1 Å². The molecule has 192 valence electrons. The lowest BCUT2D eigenvalue weighted by atomic mass is 9.96. The van der Waals surface area contributed by atoms with Gasteiger partial charge < -0.3 is 9.47 Å². The second-order valence-corrected chi connectivity index (χ2v) is 10.6. The fourth-order valence-corrected chi connectivity index (χ4v) is 5.63. The molecule has 0 unspecified atom stereocenters. The fraction of sp³-hybridized carbons (Fsp3) is 0.133. The molecule has 0 bridgehead atoms. The smallest absolute Gasteiger partial charge is 0.343 e. The zero-order chi connectivity index (χ0) is 27.1. The van der Waals surface area contributed by atoms with E-state index in [1.807, 2.05) is 92.0 Å². The summed E-state index contributed by atoms with van der Waals surface area (Å²) in [6.07, 6.45) is 0. The van der Waals surface area contributed by atoms with Crippen LogP contribution in [-0.2, 0) is 9.53 Å². The minimum atomic E-state index is -0.460. The van der Waals surface area contributed by atoms with Crippen LogP contribution >= 0.6 is 34.9 Å². The summed E-state index contributed by atoms with van der Waals surface area (Å²) in [5.41, 5.74) is 5.50. The van der Waals surface area contributed by atoms with Gasteiger partial charge in [-0.1, -0.05) is 41.9 Å². The van der Waals surface area contributed by atoms with Crippen LogP contribution in [0.4, 0.5) is 0 Å². The highest BCUT2D eigenvalue weighted by molar-refractivity contribution is 7.98. The minimum absolute atomic E-state index is 0.194. The Kier molecular flexibility index (Phi) is 9.14. The minimum Gasteiger partial charge on any atom is -0.482 e. The molecule has 0 amide bonds. The standard InChI is InChI=1S/C30H25ClN2O3S2/c1-20-7-4-5-8-21(2)33(38-25-13-11-23(31)12-14-25)30(29(20)26-15-16-37-27(26)18-32)22-9-6-10-24(17-22)36-19-28(34)35-3/h4-17H,19H2,1-3H3. The van der Waals surface area contributed by atoms with Crippen molar-refractivity contribution in [3.63, 3.8) is 0 Å². The molecule has 0 fully saturated rings. The number of hydrogen-bond acceptors (Lipinski definition) is 6. The largest absolute Gasteiger partial charge is 0.482 e. The van der Waals surface area contributed by atoms with Crippen molar-refractivity contribution in [2.45, 2.75) is 18.7 Å². The van der Waals surface area contributed by atoms with Crippen LogP contribution in [0.25, 0.3) is 22.4 Å². The first-order valence-corrected chi connectivity index (χ1v) is 13.7. The summed E-state index contributed by atoms with van der Waals surface area (Å²) in [6, 6.07) is 27.7. The van der Waals surface area contributed by atoms with E-state index in [2.05, 4.69) is 10.0 Å². The molecule has 2 aromatic heterocycles. The molecule has 38 heavy (non-hydrogen) atoms. The summed E-state index contributed by atoms with van der Waals surface area (Å²) >= 11 is 9.13. The number of ether oxygens (including phenoxy) is 2. The summed E-state index contributed by atoms with van der Waals surface area (Å²) in [5.74, 6) is 0.0708. The van der Waals surface area contributed by atoms with E-state index in [9.17, 15) is 10.1 Å². The van der Waals surface area contributed by atoms with Crippen LogP contribution < -0.4 is 4.74 Å². The molecular weight excluding hydrogens is 536 g/mol. The van der Waals surface area contributed by atoms with Crippen LogP contribution in [0.5, 0.6) is 5.75 Å². The van der Waals surface area contributed by atoms with E-state index >= 15 is 0 Å². The fourth-order valence-electron chi connectivity index (χ4n) is 3.86. The zero-order valence-electron chi connectivity index (χ0n) is 21.1. The van der Waals surface area contributed by atoms with Crippen molar-refractivity contribution < 1.29 is 14.3 Å². The molecule has 0 saturated carbocycles. The summed E-state index contributed by atoms with van der Waals surface area (Å²) in [6.45, 7) is 3.89. The molecule has 0 aliphatic carbocycles. The number of aromatic nitrogens is 1. The van der Waals surface area contributed by atoms with Gasteiger partial charge in [-0.2, -0.15) is 5.26 Å². The highest BCUT2D eigenvalue weighted by Crippen LogP contribution is 2.41. The average Bonchev–Trinajstić information content (AvgIpc) is 3.41. The first-order chi connectivity index (χ1) is 18.4. The van der Waals surface area contributed by atoms with Crippen LogP contribution in [-0.4, -0.2) is 23.7 Å². The topological polar surface area (TPSA) is 64.2 Å². The van der Waals surface area contributed by atoms with Crippen molar-refractivity contribution in [3.05, 3.63) is 105 Å². The van der Waals surface area contributed by atoms with Gasteiger partial charge in [-0.25, -0.2) is 4.79 Å². The molecule has 2 aromatic carbocycles. The van der Waals surface area contributed by atoms with Crippen molar-refractivity contribution >= 4 is 40.9 Å². The third-order valence-corrected chi connectivity index (χ3v) is 7.89. The van der Waals surface area contributed by atoms with Gasteiger partial charge in [0.2, 0.25) is 0 Å². The van der Waals surface area contributed by atoms with Gasteiger partial charge in [-0.3, -0.25) is 3.97 Å². The SMILES string of the molecule is COC(=O)COc1cccc(-c2c(-c3ccsc3C#N)c(C)ccccc(C)n2Sc2ccc(Cl)cc2)c1. The predicted octanol–water partition coefficient (Wildman–Crippen LogP) is 8.26. The maximum absolute atomic E-state index is 11.7. The summed E-state index contributed by atoms with van der Waals surface area (Å²) in [5, 5.41) is 12.5. The molecule has 0 N–H and O–H groups in total. The number of nitriles is 1. The number of thiophene rings is 1. The number of benzene rings is 2. The van der Waals surface area contributed by atoms with Gasteiger partial charge in [0.25, 0.3) is 0 Å². The van der Waals surface area contributed by atoms with E-state index in [4.69, 9.17) is 21.1 Å². The summed E-state index contributed by atoms with van der Waals surface area (Å²) in [7, 11) is 1.33. The number of methoxy groups -OCH3 is 1. The number of nitrogens with zero attached hydrogens (tertiary/aromatic N) is 2. The Bertz CT molecular complexity index is 1550. The van der Waals surface area contributed by atoms with E-state index < -0.39 is 5.97 Å². The highest BCUT2D eigenvalue weighted by atomic mass is 35.5. The molecule has 8 heteroatoms. The molecule has 0 radical (unpaired) electrons. The van der Waals surface area contributed by atoms with Crippen molar-refractivity contribution in [1.29, 1.82) is 5.26 Å². The van der Waals surface area contributed by atoms with Gasteiger partial charge >= 0.3 is 5.97 Å². The number of aryl methyl sites for hydroxylation is 2. The Balaban J connectivity index is 2.07. The Hall–Kier alpha value is -3.70. The van der Waals surface area contributed by atoms with Crippen LogP contribution in [0.15, 0.2) is 89.1 Å². The molecule has 0 aliphatic rings. The van der Waals surface area contributed by atoms with Crippen molar-refractivity contribution in [1.82, 2.24) is 3.97 Å². The second-order valence-electron chi connectivity index (χ2n) is 8.27. The summed E-state index contributed by atoms with van der Waals surface area (Å²) < 4.78 is 12.6. The molecular formula is C30H25ClN2O3S2. The van der Waals surface area contributed by atoms with Crippen molar-refractivity contribution in [2.24, 2.45) is 0 Å². The Labute approximate surface area is 235 Å². The van der Waals surface area contributed by atoms with Gasteiger partial charge in [0.15, 0.2) is 6.61 Å². The monoisotopic (exact) mass is 560 g/mol. The lowest BCUT2D eigenvalue weighted by molar-refractivity contribution is -0.142. The van der Waals surface area contributed by atoms with Crippen molar-refractivity contribution in [2.75, 3.05) is 13.7 Å². The molecule has 0 atom stereocenters. The molecule has 2 heterocycles. The number of carbonyl (C=O) groups is 1. The van der Waals surface area contributed by atoms with Crippen LogP contribution in [0, 0.1) is 25.2 Å². The normalized spacial score (nSPS) is 10.4. The van der Waals surface area contributed by atoms with Crippen LogP contribution in [0.3, 0.4) is 0 Å². The van der Waals surface area contributed by atoms with E-state index in [1.165, 1.54) is 18.4 Å². The maximum atomic E-state index is 11.7. The third-order valence-electron chi connectivity index (χ3n) is 5.69. The quantitative estimate of drug-likeness (QED) is 0.213. The Morgan fingerprint density at radius 2 is 1.82 bits per heavy atom. The molecule has 0 aliphatic heterocycles.